The lowest BCUT2D eigenvalue weighted by atomic mass is 10.2. The molecule has 3 heterocycles. The van der Waals surface area contributed by atoms with E-state index in [1.807, 2.05) is 29.2 Å². The molecule has 1 saturated heterocycles. The van der Waals surface area contributed by atoms with Gasteiger partial charge in [0.1, 0.15) is 11.5 Å². The van der Waals surface area contributed by atoms with E-state index in [2.05, 4.69) is 14.9 Å². The van der Waals surface area contributed by atoms with Crippen LogP contribution < -0.4 is 10.6 Å². The highest BCUT2D eigenvalue weighted by atomic mass is 19.4. The van der Waals surface area contributed by atoms with Crippen molar-refractivity contribution in [2.75, 3.05) is 37.6 Å². The minimum absolute atomic E-state index is 0.105. The Bertz CT molecular complexity index is 1030. The van der Waals surface area contributed by atoms with Crippen LogP contribution in [0.4, 0.5) is 19.0 Å². The van der Waals surface area contributed by atoms with Crippen molar-refractivity contribution in [3.05, 3.63) is 58.6 Å². The molecular weight excluding hydrogens is 383 g/mol. The first kappa shape index (κ1) is 19.5. The van der Waals surface area contributed by atoms with E-state index in [4.69, 9.17) is 0 Å². The molecule has 0 atom stereocenters. The molecule has 29 heavy (non-hydrogen) atoms. The number of H-pyrrole nitrogens is 1. The average molecular weight is 405 g/mol. The number of piperazine rings is 1. The van der Waals surface area contributed by atoms with Crippen molar-refractivity contribution in [3.8, 4) is 0 Å². The van der Waals surface area contributed by atoms with Gasteiger partial charge in [-0.1, -0.05) is 18.2 Å². The predicted octanol–water partition coefficient (Wildman–Crippen LogP) is 2.96. The number of halogens is 3. The number of pyridine rings is 1. The molecule has 0 radical (unpaired) electrons. The van der Waals surface area contributed by atoms with Gasteiger partial charge in [-0.05, 0) is 37.2 Å². The Labute approximate surface area is 165 Å². The molecular formula is C20H22F3N5O. The van der Waals surface area contributed by atoms with Crippen LogP contribution in [0.5, 0.6) is 0 Å². The molecule has 0 saturated carbocycles. The van der Waals surface area contributed by atoms with Crippen LogP contribution in [0.2, 0.25) is 0 Å². The molecule has 2 aromatic heterocycles. The second-order valence-corrected chi connectivity index (χ2v) is 7.16. The van der Waals surface area contributed by atoms with Gasteiger partial charge in [0.2, 0.25) is 0 Å². The Morgan fingerprint density at radius 1 is 0.966 bits per heavy atom. The minimum atomic E-state index is -4.43. The van der Waals surface area contributed by atoms with Crippen molar-refractivity contribution < 1.29 is 13.2 Å². The maximum Gasteiger partial charge on any atom is 0.433 e. The first-order valence-corrected chi connectivity index (χ1v) is 9.61. The van der Waals surface area contributed by atoms with Crippen LogP contribution in [0.25, 0.3) is 11.0 Å². The van der Waals surface area contributed by atoms with Gasteiger partial charge in [0.05, 0.1) is 11.0 Å². The number of nitrogens with zero attached hydrogens (tertiary/aromatic N) is 4. The zero-order chi connectivity index (χ0) is 20.4. The Balaban J connectivity index is 1.30. The molecule has 0 amide bonds. The van der Waals surface area contributed by atoms with Crippen molar-refractivity contribution in [1.82, 2.24) is 19.4 Å². The summed E-state index contributed by atoms with van der Waals surface area (Å²) < 4.78 is 40.3. The molecule has 0 spiro atoms. The van der Waals surface area contributed by atoms with Crippen LogP contribution in [0.1, 0.15) is 12.1 Å². The number of aromatic amines is 1. The van der Waals surface area contributed by atoms with Gasteiger partial charge >= 0.3 is 11.9 Å². The summed E-state index contributed by atoms with van der Waals surface area (Å²) in [5, 5.41) is 0. The first-order chi connectivity index (χ1) is 13.9. The van der Waals surface area contributed by atoms with E-state index in [0.717, 1.165) is 43.2 Å². The molecule has 1 aliphatic heterocycles. The fourth-order valence-corrected chi connectivity index (χ4v) is 3.74. The second-order valence-electron chi connectivity index (χ2n) is 7.16. The maximum absolute atomic E-state index is 12.9. The molecule has 0 bridgehead atoms. The molecule has 9 heteroatoms. The molecule has 1 aliphatic rings. The number of nitrogens with one attached hydrogen (secondary N) is 1. The van der Waals surface area contributed by atoms with Crippen LogP contribution in [0.15, 0.2) is 47.3 Å². The van der Waals surface area contributed by atoms with Crippen molar-refractivity contribution in [2.45, 2.75) is 19.1 Å². The molecule has 1 fully saturated rings. The van der Waals surface area contributed by atoms with Crippen molar-refractivity contribution in [1.29, 1.82) is 0 Å². The Kier molecular flexibility index (Phi) is 5.31. The Morgan fingerprint density at radius 3 is 2.48 bits per heavy atom. The number of benzene rings is 1. The van der Waals surface area contributed by atoms with E-state index in [9.17, 15) is 18.0 Å². The van der Waals surface area contributed by atoms with Gasteiger partial charge in [-0.2, -0.15) is 13.2 Å². The van der Waals surface area contributed by atoms with Gasteiger partial charge in [0.15, 0.2) is 0 Å². The third-order valence-electron chi connectivity index (χ3n) is 5.26. The fourth-order valence-electron chi connectivity index (χ4n) is 3.74. The van der Waals surface area contributed by atoms with Crippen LogP contribution in [-0.4, -0.2) is 52.2 Å². The van der Waals surface area contributed by atoms with E-state index in [-0.39, 0.29) is 5.69 Å². The zero-order valence-electron chi connectivity index (χ0n) is 15.8. The van der Waals surface area contributed by atoms with Gasteiger partial charge in [0.25, 0.3) is 0 Å². The number of para-hydroxylation sites is 2. The number of aromatic nitrogens is 3. The standard InChI is InChI=1S/C20H22F3N5O/c21-20(22,23)17-7-3-8-18(25-17)27-13-11-26(12-14-27)9-4-10-28-16-6-2-1-5-15(16)24-19(28)29/h1-3,5-8H,4,9-14H2,(H,24,29). The smallest absolute Gasteiger partial charge is 0.354 e. The molecule has 4 rings (SSSR count). The SMILES string of the molecule is O=c1[nH]c2ccccc2n1CCCN1CCN(c2cccc(C(F)(F)F)n2)CC1. The van der Waals surface area contributed by atoms with E-state index in [1.54, 1.807) is 10.6 Å². The largest absolute Gasteiger partial charge is 0.433 e. The monoisotopic (exact) mass is 405 g/mol. The first-order valence-electron chi connectivity index (χ1n) is 9.61. The molecule has 6 nitrogen and oxygen atoms in total. The molecule has 3 aromatic rings. The highest BCUT2D eigenvalue weighted by Gasteiger charge is 2.33. The quantitative estimate of drug-likeness (QED) is 0.709. The number of hydrogen-bond donors (Lipinski definition) is 1. The molecule has 0 aliphatic carbocycles. The zero-order valence-corrected chi connectivity index (χ0v) is 15.8. The normalized spacial score (nSPS) is 15.9. The third kappa shape index (κ3) is 4.29. The topological polar surface area (TPSA) is 57.2 Å². The summed E-state index contributed by atoms with van der Waals surface area (Å²) in [4.78, 5) is 22.9. The van der Waals surface area contributed by atoms with Crippen LogP contribution in [0.3, 0.4) is 0 Å². The van der Waals surface area contributed by atoms with Gasteiger partial charge < -0.3 is 9.88 Å². The van der Waals surface area contributed by atoms with Gasteiger partial charge in [-0.25, -0.2) is 9.78 Å². The number of fused-ring (bicyclic) bond motifs is 1. The van der Waals surface area contributed by atoms with Crippen molar-refractivity contribution >= 4 is 16.9 Å². The Morgan fingerprint density at radius 2 is 1.72 bits per heavy atom. The summed E-state index contributed by atoms with van der Waals surface area (Å²) >= 11 is 0. The number of rotatable bonds is 5. The number of alkyl halides is 3. The highest BCUT2D eigenvalue weighted by molar-refractivity contribution is 5.74. The summed E-state index contributed by atoms with van der Waals surface area (Å²) in [7, 11) is 0. The van der Waals surface area contributed by atoms with E-state index >= 15 is 0 Å². The van der Waals surface area contributed by atoms with Crippen LogP contribution in [0, 0.1) is 0 Å². The lowest BCUT2D eigenvalue weighted by Crippen LogP contribution is -2.47. The van der Waals surface area contributed by atoms with Gasteiger partial charge in [0, 0.05) is 32.7 Å². The van der Waals surface area contributed by atoms with E-state index in [0.29, 0.717) is 25.5 Å². The third-order valence-corrected chi connectivity index (χ3v) is 5.26. The van der Waals surface area contributed by atoms with E-state index < -0.39 is 11.9 Å². The Hall–Kier alpha value is -2.81. The summed E-state index contributed by atoms with van der Waals surface area (Å²) in [6.45, 7) is 4.21. The lowest BCUT2D eigenvalue weighted by molar-refractivity contribution is -0.141. The highest BCUT2D eigenvalue weighted by Crippen LogP contribution is 2.29. The van der Waals surface area contributed by atoms with Gasteiger partial charge in [-0.3, -0.25) is 9.47 Å². The minimum Gasteiger partial charge on any atom is -0.354 e. The average Bonchev–Trinajstić information content (AvgIpc) is 3.03. The van der Waals surface area contributed by atoms with Crippen molar-refractivity contribution in [3.63, 3.8) is 0 Å². The second kappa shape index (κ2) is 7.90. The lowest BCUT2D eigenvalue weighted by Gasteiger charge is -2.35. The fraction of sp³-hybridized carbons (Fsp3) is 0.400. The van der Waals surface area contributed by atoms with Gasteiger partial charge in [-0.15, -0.1) is 0 Å². The maximum atomic E-state index is 12.9. The predicted molar refractivity (Wildman–Crippen MR) is 105 cm³/mol. The summed E-state index contributed by atoms with van der Waals surface area (Å²) in [5.41, 5.74) is 0.769. The number of hydrogen-bond acceptors (Lipinski definition) is 4. The number of imidazole rings is 1. The summed E-state index contributed by atoms with van der Waals surface area (Å²) in [5.74, 6) is 0.366. The summed E-state index contributed by atoms with van der Waals surface area (Å²) in [6, 6.07) is 11.6. The molecule has 1 aromatic carbocycles. The molecule has 154 valence electrons. The molecule has 0 unspecified atom stereocenters. The number of anilines is 1. The summed E-state index contributed by atoms with van der Waals surface area (Å²) in [6.07, 6.45) is -3.61. The van der Waals surface area contributed by atoms with Crippen LogP contribution >= 0.6 is 0 Å². The van der Waals surface area contributed by atoms with Crippen LogP contribution in [-0.2, 0) is 12.7 Å². The van der Waals surface area contributed by atoms with E-state index in [1.165, 1.54) is 6.07 Å². The van der Waals surface area contributed by atoms with Crippen molar-refractivity contribution in [2.24, 2.45) is 0 Å². The number of aryl methyl sites for hydroxylation is 1. The molecule has 1 N–H and O–H groups in total.